The van der Waals surface area contributed by atoms with Crippen LogP contribution < -0.4 is 4.31 Å². The Labute approximate surface area is 179 Å². The van der Waals surface area contributed by atoms with Crippen LogP contribution in [0.3, 0.4) is 0 Å². The average Bonchev–Trinajstić information content (AvgIpc) is 2.67. The van der Waals surface area contributed by atoms with Crippen molar-refractivity contribution in [2.75, 3.05) is 10.8 Å². The van der Waals surface area contributed by atoms with Crippen LogP contribution in [-0.2, 0) is 19.6 Å². The highest BCUT2D eigenvalue weighted by atomic mass is 35.5. The largest absolute Gasteiger partial charge is 0.462 e. The highest BCUT2D eigenvalue weighted by Crippen LogP contribution is 2.32. The van der Waals surface area contributed by atoms with Crippen molar-refractivity contribution in [3.8, 4) is 0 Å². The average molecular weight is 452 g/mol. The maximum absolute atomic E-state index is 13.4. The van der Waals surface area contributed by atoms with Crippen LogP contribution in [0, 0.1) is 0 Å². The molecule has 5 nitrogen and oxygen atoms in total. The molecule has 29 heavy (non-hydrogen) atoms. The van der Waals surface area contributed by atoms with Crippen molar-refractivity contribution in [3.05, 3.63) is 70.7 Å². The molecule has 0 heterocycles. The van der Waals surface area contributed by atoms with Crippen LogP contribution in [0.15, 0.2) is 65.6 Å². The monoisotopic (exact) mass is 451 g/mol. The summed E-state index contributed by atoms with van der Waals surface area (Å²) in [7, 11) is -4.19. The molecule has 0 saturated carbocycles. The number of hydrogen-bond donors (Lipinski definition) is 0. The van der Waals surface area contributed by atoms with E-state index in [0.29, 0.717) is 5.69 Å². The molecule has 0 aliphatic heterocycles. The third-order valence-electron chi connectivity index (χ3n) is 4.12. The molecule has 0 atom stereocenters. The van der Waals surface area contributed by atoms with Crippen LogP contribution in [-0.4, -0.2) is 27.0 Å². The Morgan fingerprint density at radius 2 is 1.69 bits per heavy atom. The van der Waals surface area contributed by atoms with E-state index in [1.54, 1.807) is 32.0 Å². The van der Waals surface area contributed by atoms with E-state index in [9.17, 15) is 13.2 Å². The molecule has 0 aliphatic rings. The summed E-state index contributed by atoms with van der Waals surface area (Å²) in [4.78, 5) is 12.2. The summed E-state index contributed by atoms with van der Waals surface area (Å²) < 4.78 is 33.0. The van der Waals surface area contributed by atoms with Crippen molar-refractivity contribution in [2.45, 2.75) is 24.8 Å². The number of carbonyl (C=O) groups is 1. The fourth-order valence-corrected chi connectivity index (χ4v) is 5.00. The van der Waals surface area contributed by atoms with Gasteiger partial charge in [-0.3, -0.25) is 9.10 Å². The Kier molecular flexibility index (Phi) is 6.36. The molecule has 0 spiro atoms. The van der Waals surface area contributed by atoms with Crippen molar-refractivity contribution in [2.24, 2.45) is 0 Å². The number of benzene rings is 3. The zero-order chi connectivity index (χ0) is 21.2. The molecule has 0 aliphatic carbocycles. The van der Waals surface area contributed by atoms with Crippen LogP contribution in [0.2, 0.25) is 10.0 Å². The van der Waals surface area contributed by atoms with Gasteiger partial charge >= 0.3 is 5.97 Å². The number of nitrogens with zero attached hydrogens (tertiary/aromatic N) is 1. The molecule has 3 aromatic rings. The third kappa shape index (κ3) is 4.83. The van der Waals surface area contributed by atoms with Crippen molar-refractivity contribution < 1.29 is 17.9 Å². The molecule has 3 rings (SSSR count). The summed E-state index contributed by atoms with van der Waals surface area (Å²) in [5, 5.41) is 2.01. The van der Waals surface area contributed by atoms with Gasteiger partial charge in [0.05, 0.1) is 16.8 Å². The molecule has 0 unspecified atom stereocenters. The van der Waals surface area contributed by atoms with E-state index >= 15 is 0 Å². The predicted octanol–water partition coefficient (Wildman–Crippen LogP) is 5.29. The van der Waals surface area contributed by atoms with Gasteiger partial charge in [-0.1, -0.05) is 53.5 Å². The number of anilines is 1. The standard InChI is InChI=1S/C21H19Cl2NO4S/c1-14(2)28-21(25)13-24(18-9-7-15-5-3-4-6-16(15)11-18)29(26,27)20-12-17(22)8-10-19(20)23/h3-12,14H,13H2,1-2H3. The van der Waals surface area contributed by atoms with Crippen molar-refractivity contribution in [1.29, 1.82) is 0 Å². The second kappa shape index (κ2) is 8.61. The van der Waals surface area contributed by atoms with Crippen LogP contribution in [0.25, 0.3) is 10.8 Å². The van der Waals surface area contributed by atoms with E-state index in [2.05, 4.69) is 0 Å². The van der Waals surface area contributed by atoms with E-state index in [4.69, 9.17) is 27.9 Å². The van der Waals surface area contributed by atoms with E-state index in [-0.39, 0.29) is 21.0 Å². The summed E-state index contributed by atoms with van der Waals surface area (Å²) in [6.07, 6.45) is -0.376. The molecule has 3 aromatic carbocycles. The lowest BCUT2D eigenvalue weighted by molar-refractivity contribution is -0.145. The Bertz CT molecular complexity index is 1160. The number of hydrogen-bond acceptors (Lipinski definition) is 4. The minimum atomic E-state index is -4.19. The zero-order valence-electron chi connectivity index (χ0n) is 15.8. The molecule has 0 aromatic heterocycles. The summed E-state index contributed by atoms with van der Waals surface area (Å²) in [6.45, 7) is 2.89. The van der Waals surface area contributed by atoms with Crippen LogP contribution >= 0.6 is 23.2 Å². The van der Waals surface area contributed by atoms with E-state index in [1.807, 2.05) is 24.3 Å². The molecule has 0 saturated heterocycles. The first kappa shape index (κ1) is 21.4. The Hall–Kier alpha value is -2.28. The number of carbonyl (C=O) groups excluding carboxylic acids is 1. The second-order valence-electron chi connectivity index (χ2n) is 6.66. The van der Waals surface area contributed by atoms with Crippen molar-refractivity contribution in [3.63, 3.8) is 0 Å². The summed E-state index contributed by atoms with van der Waals surface area (Å²) in [5.41, 5.74) is 0.320. The predicted molar refractivity (Wildman–Crippen MR) is 116 cm³/mol. The lowest BCUT2D eigenvalue weighted by Gasteiger charge is -2.25. The maximum Gasteiger partial charge on any atom is 0.327 e. The summed E-state index contributed by atoms with van der Waals surface area (Å²) in [6, 6.07) is 16.8. The zero-order valence-corrected chi connectivity index (χ0v) is 18.1. The van der Waals surface area contributed by atoms with Gasteiger partial charge in [-0.2, -0.15) is 0 Å². The molecule has 0 radical (unpaired) electrons. The summed E-state index contributed by atoms with van der Waals surface area (Å²) in [5.74, 6) is -0.671. The van der Waals surface area contributed by atoms with Crippen LogP contribution in [0.1, 0.15) is 13.8 Å². The van der Waals surface area contributed by atoms with Gasteiger partial charge in [-0.15, -0.1) is 0 Å². The van der Waals surface area contributed by atoms with E-state index in [1.165, 1.54) is 18.2 Å². The molecule has 152 valence electrons. The highest BCUT2D eigenvalue weighted by Gasteiger charge is 2.30. The van der Waals surface area contributed by atoms with Gasteiger partial charge in [0.1, 0.15) is 11.4 Å². The number of rotatable bonds is 6. The Morgan fingerprint density at radius 3 is 2.38 bits per heavy atom. The lowest BCUT2D eigenvalue weighted by atomic mass is 10.1. The molecule has 0 N–H and O–H groups in total. The van der Waals surface area contributed by atoms with Crippen molar-refractivity contribution in [1.82, 2.24) is 0 Å². The molecule has 0 amide bonds. The fraction of sp³-hybridized carbons (Fsp3) is 0.190. The van der Waals surface area contributed by atoms with Gasteiger partial charge in [-0.05, 0) is 55.0 Å². The number of esters is 1. The van der Waals surface area contributed by atoms with Crippen LogP contribution in [0.5, 0.6) is 0 Å². The first-order chi connectivity index (χ1) is 13.7. The molecule has 0 fully saturated rings. The third-order valence-corrected chi connectivity index (χ3v) is 6.61. The number of fused-ring (bicyclic) bond motifs is 1. The smallest absolute Gasteiger partial charge is 0.327 e. The van der Waals surface area contributed by atoms with Gasteiger partial charge in [0.15, 0.2) is 0 Å². The van der Waals surface area contributed by atoms with Gasteiger partial charge < -0.3 is 4.74 Å². The summed E-state index contributed by atoms with van der Waals surface area (Å²) >= 11 is 12.1. The normalized spacial score (nSPS) is 11.6. The Balaban J connectivity index is 2.13. The molecular formula is C21H19Cl2NO4S. The van der Waals surface area contributed by atoms with E-state index in [0.717, 1.165) is 15.1 Å². The Morgan fingerprint density at radius 1 is 1.00 bits per heavy atom. The fourth-order valence-electron chi connectivity index (χ4n) is 2.86. The highest BCUT2D eigenvalue weighted by molar-refractivity contribution is 7.93. The SMILES string of the molecule is CC(C)OC(=O)CN(c1ccc2ccccc2c1)S(=O)(=O)c1cc(Cl)ccc1Cl. The molecular weight excluding hydrogens is 433 g/mol. The second-order valence-corrected chi connectivity index (χ2v) is 9.33. The number of ether oxygens (including phenoxy) is 1. The topological polar surface area (TPSA) is 63.7 Å². The minimum Gasteiger partial charge on any atom is -0.462 e. The number of sulfonamides is 1. The van der Waals surface area contributed by atoms with Gasteiger partial charge in [0.2, 0.25) is 0 Å². The van der Waals surface area contributed by atoms with Crippen LogP contribution in [0.4, 0.5) is 5.69 Å². The van der Waals surface area contributed by atoms with Gasteiger partial charge in [0.25, 0.3) is 10.0 Å². The minimum absolute atomic E-state index is 0.0115. The molecule has 8 heteroatoms. The first-order valence-electron chi connectivity index (χ1n) is 8.84. The van der Waals surface area contributed by atoms with E-state index < -0.39 is 22.5 Å². The first-order valence-corrected chi connectivity index (χ1v) is 11.0. The van der Waals surface area contributed by atoms with Gasteiger partial charge in [-0.25, -0.2) is 8.42 Å². The quantitative estimate of drug-likeness (QED) is 0.477. The van der Waals surface area contributed by atoms with Crippen molar-refractivity contribution >= 4 is 55.7 Å². The maximum atomic E-state index is 13.4. The van der Waals surface area contributed by atoms with Gasteiger partial charge in [0, 0.05) is 5.02 Å². The number of halogens is 2. The lowest BCUT2D eigenvalue weighted by Crippen LogP contribution is -2.37. The molecule has 0 bridgehead atoms.